The summed E-state index contributed by atoms with van der Waals surface area (Å²) in [5.41, 5.74) is 2.23. The van der Waals surface area contributed by atoms with E-state index in [4.69, 9.17) is 4.74 Å². The van der Waals surface area contributed by atoms with Crippen LogP contribution in [0.5, 0.6) is 0 Å². The van der Waals surface area contributed by atoms with Crippen LogP contribution >= 0.6 is 0 Å². The van der Waals surface area contributed by atoms with E-state index in [1.54, 1.807) is 0 Å². The van der Waals surface area contributed by atoms with E-state index in [2.05, 4.69) is 4.74 Å². The molecule has 0 saturated carbocycles. The van der Waals surface area contributed by atoms with Crippen LogP contribution in [-0.2, 0) is 25.7 Å². The minimum atomic E-state index is -0.117. The topological polar surface area (TPSA) is 52.6 Å². The number of cyclic esters (lactones) is 2. The predicted octanol–water partition coefficient (Wildman–Crippen LogP) is 6.13. The second-order valence-corrected chi connectivity index (χ2v) is 4.89. The lowest BCUT2D eigenvalue weighted by molar-refractivity contribution is -0.147. The van der Waals surface area contributed by atoms with Crippen LogP contribution < -0.4 is 0 Å². The summed E-state index contributed by atoms with van der Waals surface area (Å²) in [5, 5.41) is 0. The maximum absolute atomic E-state index is 11.1. The molecule has 152 valence electrons. The molecular weight excluding hydrogens is 328 g/mol. The minimum absolute atomic E-state index is 0. The standard InChI is InChI=1S/C10H10O2.C5H8O2.3C2H6.CH4/c1-7-9-5-3-2-4-8(9)6-12-10(7)11;1-4-2-3-7-5(4)6;3*1-2;/h2-5,7H,6H2,1H3;4H,2-3H2,1H3;3*1-2H3;1H4. The highest BCUT2D eigenvalue weighted by atomic mass is 16.5. The molecule has 0 amide bonds. The Bertz CT molecular complexity index is 483. The number of carbonyl (C=O) groups excluding carboxylic acids is 2. The van der Waals surface area contributed by atoms with Crippen LogP contribution in [-0.4, -0.2) is 18.5 Å². The molecule has 2 aliphatic rings. The van der Waals surface area contributed by atoms with E-state index in [1.807, 2.05) is 79.7 Å². The quantitative estimate of drug-likeness (QED) is 0.517. The molecule has 1 aromatic carbocycles. The zero-order chi connectivity index (χ0) is 19.8. The molecule has 0 aliphatic carbocycles. The predicted molar refractivity (Wildman–Crippen MR) is 110 cm³/mol. The van der Waals surface area contributed by atoms with E-state index < -0.39 is 0 Å². The number of benzene rings is 1. The summed E-state index contributed by atoms with van der Waals surface area (Å²) in [6, 6.07) is 7.90. The molecule has 4 nitrogen and oxygen atoms in total. The summed E-state index contributed by atoms with van der Waals surface area (Å²) in [6.45, 7) is 16.8. The highest BCUT2D eigenvalue weighted by Crippen LogP contribution is 2.26. The van der Waals surface area contributed by atoms with Crippen molar-refractivity contribution >= 4 is 11.9 Å². The van der Waals surface area contributed by atoms with Gasteiger partial charge in [0.15, 0.2) is 0 Å². The van der Waals surface area contributed by atoms with E-state index in [1.165, 1.54) is 0 Å². The van der Waals surface area contributed by atoms with Gasteiger partial charge in [-0.05, 0) is 24.5 Å². The SMILES string of the molecule is C.CC.CC.CC.CC1C(=O)OCc2ccccc21.CC1CCOC1=O. The molecule has 0 spiro atoms. The van der Waals surface area contributed by atoms with Crippen LogP contribution in [0.1, 0.15) is 86.3 Å². The third kappa shape index (κ3) is 9.59. The van der Waals surface area contributed by atoms with Crippen molar-refractivity contribution in [1.29, 1.82) is 0 Å². The largest absolute Gasteiger partial charge is 0.465 e. The molecule has 2 unspecified atom stereocenters. The Kier molecular flexibility index (Phi) is 20.0. The monoisotopic (exact) mass is 368 g/mol. The van der Waals surface area contributed by atoms with Gasteiger partial charge in [-0.1, -0.05) is 80.2 Å². The molecule has 26 heavy (non-hydrogen) atoms. The Balaban J connectivity index is -0.000000327. The lowest BCUT2D eigenvalue weighted by Crippen LogP contribution is -2.20. The van der Waals surface area contributed by atoms with Gasteiger partial charge in [0.1, 0.15) is 6.61 Å². The molecule has 4 heteroatoms. The Morgan fingerprint density at radius 1 is 0.846 bits per heavy atom. The number of rotatable bonds is 0. The van der Waals surface area contributed by atoms with Gasteiger partial charge in [0, 0.05) is 0 Å². The third-order valence-corrected chi connectivity index (χ3v) is 3.44. The number of hydrogen-bond donors (Lipinski definition) is 0. The second-order valence-electron chi connectivity index (χ2n) is 4.89. The van der Waals surface area contributed by atoms with Crippen molar-refractivity contribution in [2.45, 2.75) is 81.8 Å². The van der Waals surface area contributed by atoms with Crippen molar-refractivity contribution < 1.29 is 19.1 Å². The van der Waals surface area contributed by atoms with E-state index in [9.17, 15) is 9.59 Å². The maximum Gasteiger partial charge on any atom is 0.313 e. The van der Waals surface area contributed by atoms with Gasteiger partial charge in [-0.25, -0.2) is 0 Å². The molecule has 2 atom stereocenters. The van der Waals surface area contributed by atoms with Gasteiger partial charge in [-0.3, -0.25) is 9.59 Å². The zero-order valence-corrected chi connectivity index (χ0v) is 17.2. The molecule has 0 radical (unpaired) electrons. The van der Waals surface area contributed by atoms with Crippen molar-refractivity contribution in [3.05, 3.63) is 35.4 Å². The van der Waals surface area contributed by atoms with Crippen molar-refractivity contribution in [3.63, 3.8) is 0 Å². The highest BCUT2D eigenvalue weighted by Gasteiger charge is 2.24. The third-order valence-electron chi connectivity index (χ3n) is 3.44. The van der Waals surface area contributed by atoms with E-state index in [0.717, 1.165) is 17.5 Å². The second kappa shape index (κ2) is 18.0. The van der Waals surface area contributed by atoms with Crippen LogP contribution in [0.25, 0.3) is 0 Å². The average Bonchev–Trinajstić information content (AvgIpc) is 3.07. The first kappa shape index (κ1) is 28.9. The Morgan fingerprint density at radius 3 is 1.81 bits per heavy atom. The highest BCUT2D eigenvalue weighted by molar-refractivity contribution is 5.79. The first-order chi connectivity index (χ1) is 12.1. The fourth-order valence-corrected chi connectivity index (χ4v) is 2.09. The number of carbonyl (C=O) groups is 2. The number of fused-ring (bicyclic) bond motifs is 1. The molecule has 3 rings (SSSR count). The van der Waals surface area contributed by atoms with Gasteiger partial charge in [0.2, 0.25) is 0 Å². The van der Waals surface area contributed by atoms with Crippen LogP contribution in [0.15, 0.2) is 24.3 Å². The zero-order valence-electron chi connectivity index (χ0n) is 17.2. The summed E-state index contributed by atoms with van der Waals surface area (Å²) in [6.07, 6.45) is 0.902. The lowest BCUT2D eigenvalue weighted by atomic mass is 9.94. The fourth-order valence-electron chi connectivity index (χ4n) is 2.09. The van der Waals surface area contributed by atoms with Crippen LogP contribution in [0, 0.1) is 5.92 Å². The average molecular weight is 369 g/mol. The number of hydrogen-bond acceptors (Lipinski definition) is 4. The summed E-state index contributed by atoms with van der Waals surface area (Å²) >= 11 is 0. The molecule has 2 aliphatic heterocycles. The van der Waals surface area contributed by atoms with E-state index in [-0.39, 0.29) is 31.2 Å². The molecule has 0 bridgehead atoms. The van der Waals surface area contributed by atoms with Gasteiger partial charge < -0.3 is 9.47 Å². The van der Waals surface area contributed by atoms with Crippen molar-refractivity contribution in [1.82, 2.24) is 0 Å². The van der Waals surface area contributed by atoms with Gasteiger partial charge in [-0.15, -0.1) is 0 Å². The minimum Gasteiger partial charge on any atom is -0.465 e. The Hall–Kier alpha value is -1.84. The maximum atomic E-state index is 11.1. The molecule has 0 N–H and O–H groups in total. The Morgan fingerprint density at radius 2 is 1.38 bits per heavy atom. The first-order valence-corrected chi connectivity index (χ1v) is 9.50. The summed E-state index contributed by atoms with van der Waals surface area (Å²) in [5.74, 6) is -0.108. The van der Waals surface area contributed by atoms with Gasteiger partial charge >= 0.3 is 11.9 Å². The first-order valence-electron chi connectivity index (χ1n) is 9.50. The van der Waals surface area contributed by atoms with Gasteiger partial charge in [-0.2, -0.15) is 0 Å². The molecule has 1 fully saturated rings. The van der Waals surface area contributed by atoms with E-state index in [0.29, 0.717) is 13.2 Å². The fraction of sp³-hybridized carbons (Fsp3) is 0.636. The molecular formula is C22H40O4. The summed E-state index contributed by atoms with van der Waals surface area (Å²) < 4.78 is 9.60. The van der Waals surface area contributed by atoms with E-state index >= 15 is 0 Å². The van der Waals surface area contributed by atoms with Gasteiger partial charge in [0.05, 0.1) is 18.4 Å². The van der Waals surface area contributed by atoms with Crippen molar-refractivity contribution in [2.24, 2.45) is 5.92 Å². The molecule has 1 saturated heterocycles. The lowest BCUT2D eigenvalue weighted by Gasteiger charge is -2.20. The number of ether oxygens (including phenoxy) is 2. The van der Waals surface area contributed by atoms with Crippen molar-refractivity contribution in [3.8, 4) is 0 Å². The van der Waals surface area contributed by atoms with Crippen LogP contribution in [0.4, 0.5) is 0 Å². The van der Waals surface area contributed by atoms with Crippen LogP contribution in [0.3, 0.4) is 0 Å². The normalized spacial score (nSPS) is 18.8. The number of esters is 2. The van der Waals surface area contributed by atoms with Crippen molar-refractivity contribution in [2.75, 3.05) is 6.61 Å². The van der Waals surface area contributed by atoms with Crippen LogP contribution in [0.2, 0.25) is 0 Å². The van der Waals surface area contributed by atoms with Gasteiger partial charge in [0.25, 0.3) is 0 Å². The molecule has 2 heterocycles. The summed E-state index contributed by atoms with van der Waals surface area (Å²) in [7, 11) is 0. The smallest absolute Gasteiger partial charge is 0.313 e. The summed E-state index contributed by atoms with van der Waals surface area (Å²) in [4.78, 5) is 21.5. The molecule has 1 aromatic rings. The Labute approximate surface area is 161 Å². The molecule has 0 aromatic heterocycles.